The molecule has 2 N–H and O–H groups in total. The molecule has 1 unspecified atom stereocenters. The second-order valence-corrected chi connectivity index (χ2v) is 3.11. The lowest BCUT2D eigenvalue weighted by Crippen LogP contribution is -2.23. The molecule has 72 valence electrons. The first-order valence-electron chi connectivity index (χ1n) is 4.31. The van der Waals surface area contributed by atoms with Gasteiger partial charge in [-0.05, 0) is 24.6 Å². The summed E-state index contributed by atoms with van der Waals surface area (Å²) in [5.74, 6) is -0.223. The summed E-state index contributed by atoms with van der Waals surface area (Å²) in [6.45, 7) is 2.93. The molecule has 0 saturated heterocycles. The Balaban J connectivity index is 2.33. The average Bonchev–Trinajstić information content (AvgIpc) is 2.08. The third-order valence-corrected chi connectivity index (χ3v) is 1.68. The Morgan fingerprint density at radius 1 is 1.38 bits per heavy atom. The molecule has 0 aromatic heterocycles. The zero-order valence-corrected chi connectivity index (χ0v) is 7.63. The van der Waals surface area contributed by atoms with Crippen LogP contribution in [-0.2, 0) is 6.54 Å². The summed E-state index contributed by atoms with van der Waals surface area (Å²) < 4.78 is 12.5. The van der Waals surface area contributed by atoms with Crippen LogP contribution >= 0.6 is 0 Å². The van der Waals surface area contributed by atoms with E-state index in [0.717, 1.165) is 5.56 Å². The van der Waals surface area contributed by atoms with Gasteiger partial charge in [0, 0.05) is 13.1 Å². The Morgan fingerprint density at radius 3 is 2.54 bits per heavy atom. The third kappa shape index (κ3) is 4.01. The van der Waals surface area contributed by atoms with E-state index in [9.17, 15) is 4.39 Å². The number of benzene rings is 1. The van der Waals surface area contributed by atoms with Gasteiger partial charge in [0.25, 0.3) is 0 Å². The van der Waals surface area contributed by atoms with Gasteiger partial charge in [-0.1, -0.05) is 12.1 Å². The molecular formula is C10H14FNO. The lowest BCUT2D eigenvalue weighted by atomic mass is 10.2. The first-order chi connectivity index (χ1) is 6.18. The van der Waals surface area contributed by atoms with Crippen LogP contribution < -0.4 is 5.32 Å². The minimum atomic E-state index is -0.347. The Hall–Kier alpha value is -0.930. The van der Waals surface area contributed by atoms with Gasteiger partial charge in [-0.25, -0.2) is 4.39 Å². The van der Waals surface area contributed by atoms with E-state index in [1.165, 1.54) is 12.1 Å². The summed E-state index contributed by atoms with van der Waals surface area (Å²) in [7, 11) is 0. The van der Waals surface area contributed by atoms with Crippen molar-refractivity contribution in [2.45, 2.75) is 19.6 Å². The smallest absolute Gasteiger partial charge is 0.123 e. The summed E-state index contributed by atoms with van der Waals surface area (Å²) in [5, 5.41) is 12.0. The normalized spacial score (nSPS) is 12.8. The van der Waals surface area contributed by atoms with Crippen molar-refractivity contribution in [1.29, 1.82) is 0 Å². The summed E-state index contributed by atoms with van der Waals surface area (Å²) in [6.07, 6.45) is -0.347. The number of hydrogen-bond donors (Lipinski definition) is 2. The highest BCUT2D eigenvalue weighted by Crippen LogP contribution is 2.01. The van der Waals surface area contributed by atoms with Gasteiger partial charge >= 0.3 is 0 Å². The van der Waals surface area contributed by atoms with E-state index in [-0.39, 0.29) is 11.9 Å². The van der Waals surface area contributed by atoms with Crippen molar-refractivity contribution in [3.63, 3.8) is 0 Å². The molecule has 1 rings (SSSR count). The van der Waals surface area contributed by atoms with Crippen molar-refractivity contribution in [3.8, 4) is 0 Å². The van der Waals surface area contributed by atoms with Gasteiger partial charge in [-0.3, -0.25) is 0 Å². The molecule has 0 aliphatic heterocycles. The van der Waals surface area contributed by atoms with E-state index in [0.29, 0.717) is 13.1 Å². The number of nitrogens with one attached hydrogen (secondary N) is 1. The van der Waals surface area contributed by atoms with Crippen LogP contribution in [0.15, 0.2) is 24.3 Å². The Morgan fingerprint density at radius 2 is 2.00 bits per heavy atom. The molecule has 0 bridgehead atoms. The van der Waals surface area contributed by atoms with Crippen LogP contribution in [0.3, 0.4) is 0 Å². The summed E-state index contributed by atoms with van der Waals surface area (Å²) in [4.78, 5) is 0. The molecule has 0 amide bonds. The fraction of sp³-hybridized carbons (Fsp3) is 0.400. The van der Waals surface area contributed by atoms with Gasteiger partial charge in [-0.15, -0.1) is 0 Å². The Labute approximate surface area is 77.4 Å². The summed E-state index contributed by atoms with van der Waals surface area (Å²) in [5.41, 5.74) is 1.02. The van der Waals surface area contributed by atoms with Gasteiger partial charge in [0.15, 0.2) is 0 Å². The topological polar surface area (TPSA) is 32.3 Å². The Kier molecular flexibility index (Phi) is 3.86. The second kappa shape index (κ2) is 4.94. The van der Waals surface area contributed by atoms with Gasteiger partial charge in [-0.2, -0.15) is 0 Å². The van der Waals surface area contributed by atoms with Crippen LogP contribution in [0.5, 0.6) is 0 Å². The number of halogens is 1. The predicted octanol–water partition coefficient (Wildman–Crippen LogP) is 1.30. The minimum absolute atomic E-state index is 0.223. The van der Waals surface area contributed by atoms with E-state index in [1.807, 2.05) is 0 Å². The molecule has 0 spiro atoms. The second-order valence-electron chi connectivity index (χ2n) is 3.11. The van der Waals surface area contributed by atoms with Gasteiger partial charge < -0.3 is 10.4 Å². The lowest BCUT2D eigenvalue weighted by molar-refractivity contribution is 0.191. The van der Waals surface area contributed by atoms with Gasteiger partial charge in [0.05, 0.1) is 6.10 Å². The number of aliphatic hydroxyl groups excluding tert-OH is 1. The highest BCUT2D eigenvalue weighted by Gasteiger charge is 1.95. The van der Waals surface area contributed by atoms with E-state index in [4.69, 9.17) is 5.11 Å². The first kappa shape index (κ1) is 10.2. The first-order valence-corrected chi connectivity index (χ1v) is 4.31. The molecule has 0 aliphatic carbocycles. The lowest BCUT2D eigenvalue weighted by Gasteiger charge is -2.06. The van der Waals surface area contributed by atoms with Crippen LogP contribution in [-0.4, -0.2) is 17.8 Å². The summed E-state index contributed by atoms with van der Waals surface area (Å²) >= 11 is 0. The zero-order valence-electron chi connectivity index (χ0n) is 7.63. The van der Waals surface area contributed by atoms with Crippen molar-refractivity contribution in [2.75, 3.05) is 6.54 Å². The fourth-order valence-electron chi connectivity index (χ4n) is 1.03. The monoisotopic (exact) mass is 183 g/mol. The molecule has 2 nitrogen and oxygen atoms in total. The van der Waals surface area contributed by atoms with Crippen molar-refractivity contribution < 1.29 is 9.50 Å². The highest BCUT2D eigenvalue weighted by atomic mass is 19.1. The molecular weight excluding hydrogens is 169 g/mol. The Bertz CT molecular complexity index is 246. The minimum Gasteiger partial charge on any atom is -0.392 e. The maximum absolute atomic E-state index is 12.5. The van der Waals surface area contributed by atoms with Crippen LogP contribution in [0.2, 0.25) is 0 Å². The fourth-order valence-corrected chi connectivity index (χ4v) is 1.03. The molecule has 3 heteroatoms. The zero-order chi connectivity index (χ0) is 9.68. The largest absolute Gasteiger partial charge is 0.392 e. The maximum atomic E-state index is 12.5. The van der Waals surface area contributed by atoms with E-state index < -0.39 is 0 Å². The highest BCUT2D eigenvalue weighted by molar-refractivity contribution is 5.15. The number of rotatable bonds is 4. The van der Waals surface area contributed by atoms with Crippen LogP contribution in [0, 0.1) is 5.82 Å². The predicted molar refractivity (Wildman–Crippen MR) is 49.8 cm³/mol. The summed E-state index contributed by atoms with van der Waals surface area (Å²) in [6, 6.07) is 6.31. The van der Waals surface area contributed by atoms with Crippen molar-refractivity contribution >= 4 is 0 Å². The van der Waals surface area contributed by atoms with Crippen LogP contribution in [0.4, 0.5) is 4.39 Å². The quantitative estimate of drug-likeness (QED) is 0.737. The molecule has 0 heterocycles. The SMILES string of the molecule is CC(O)CNCc1ccc(F)cc1. The van der Waals surface area contributed by atoms with E-state index in [2.05, 4.69) is 5.32 Å². The van der Waals surface area contributed by atoms with Crippen molar-refractivity contribution in [1.82, 2.24) is 5.32 Å². The van der Waals surface area contributed by atoms with Crippen LogP contribution in [0.1, 0.15) is 12.5 Å². The standard InChI is InChI=1S/C10H14FNO/c1-8(13)6-12-7-9-2-4-10(11)5-3-9/h2-5,8,12-13H,6-7H2,1H3. The third-order valence-electron chi connectivity index (χ3n) is 1.68. The molecule has 0 radical (unpaired) electrons. The molecule has 0 saturated carbocycles. The molecule has 13 heavy (non-hydrogen) atoms. The molecule has 1 aromatic rings. The molecule has 0 fully saturated rings. The van der Waals surface area contributed by atoms with Crippen LogP contribution in [0.25, 0.3) is 0 Å². The van der Waals surface area contributed by atoms with E-state index >= 15 is 0 Å². The molecule has 1 aromatic carbocycles. The average molecular weight is 183 g/mol. The van der Waals surface area contributed by atoms with Crippen molar-refractivity contribution in [3.05, 3.63) is 35.6 Å². The van der Waals surface area contributed by atoms with E-state index in [1.54, 1.807) is 19.1 Å². The van der Waals surface area contributed by atoms with Crippen molar-refractivity contribution in [2.24, 2.45) is 0 Å². The van der Waals surface area contributed by atoms with Gasteiger partial charge in [0.1, 0.15) is 5.82 Å². The van der Waals surface area contributed by atoms with Gasteiger partial charge in [0.2, 0.25) is 0 Å². The molecule has 1 atom stereocenters. The number of aliphatic hydroxyl groups is 1. The maximum Gasteiger partial charge on any atom is 0.123 e. The number of hydrogen-bond acceptors (Lipinski definition) is 2. The molecule has 0 aliphatic rings.